The molecule has 0 bridgehead atoms. The minimum atomic E-state index is -0.264. The summed E-state index contributed by atoms with van der Waals surface area (Å²) in [7, 11) is 0. The van der Waals surface area contributed by atoms with Crippen LogP contribution in [0.5, 0.6) is 0 Å². The molecule has 0 unspecified atom stereocenters. The highest BCUT2D eigenvalue weighted by Gasteiger charge is 2.03. The third-order valence-electron chi connectivity index (χ3n) is 2.37. The Morgan fingerprint density at radius 3 is 2.58 bits per heavy atom. The first-order chi connectivity index (χ1) is 9.17. The van der Waals surface area contributed by atoms with E-state index in [0.717, 1.165) is 5.56 Å². The molecule has 4 heteroatoms. The summed E-state index contributed by atoms with van der Waals surface area (Å²) in [6.45, 7) is 2.14. The average Bonchev–Trinajstić information content (AvgIpc) is 2.40. The molecule has 0 aromatic heterocycles. The van der Waals surface area contributed by atoms with E-state index in [4.69, 9.17) is 10.00 Å². The second-order valence-corrected chi connectivity index (χ2v) is 3.79. The first-order valence-electron chi connectivity index (χ1n) is 5.99. The van der Waals surface area contributed by atoms with E-state index in [1.165, 1.54) is 0 Å². The molecule has 1 aromatic carbocycles. The van der Waals surface area contributed by atoms with Crippen molar-refractivity contribution in [2.45, 2.75) is 19.8 Å². The van der Waals surface area contributed by atoms with Crippen LogP contribution < -0.4 is 0 Å². The number of hydrogen-bond acceptors (Lipinski definition) is 4. The van der Waals surface area contributed by atoms with Crippen LogP contribution in [0.15, 0.2) is 30.3 Å². The minimum absolute atomic E-state index is 0.113. The number of rotatable bonds is 6. The van der Waals surface area contributed by atoms with Crippen molar-refractivity contribution in [3.05, 3.63) is 41.5 Å². The van der Waals surface area contributed by atoms with Crippen molar-refractivity contribution in [1.82, 2.24) is 0 Å². The Morgan fingerprint density at radius 2 is 2.00 bits per heavy atom. The first kappa shape index (κ1) is 14.7. The van der Waals surface area contributed by atoms with Crippen LogP contribution in [0.2, 0.25) is 0 Å². The molecule has 0 spiro atoms. The lowest BCUT2D eigenvalue weighted by atomic mass is 10.1. The monoisotopic (exact) mass is 257 g/mol. The summed E-state index contributed by atoms with van der Waals surface area (Å²) < 4.78 is 4.79. The van der Waals surface area contributed by atoms with Crippen LogP contribution in [0.25, 0.3) is 6.08 Å². The van der Waals surface area contributed by atoms with E-state index in [-0.39, 0.29) is 24.6 Å². The molecule has 1 aromatic rings. The predicted molar refractivity (Wildman–Crippen MR) is 71.3 cm³/mol. The molecular formula is C15H15NO3. The van der Waals surface area contributed by atoms with Gasteiger partial charge >= 0.3 is 5.97 Å². The second-order valence-electron chi connectivity index (χ2n) is 3.79. The third-order valence-corrected chi connectivity index (χ3v) is 2.37. The molecule has 4 nitrogen and oxygen atoms in total. The van der Waals surface area contributed by atoms with Gasteiger partial charge in [0.05, 0.1) is 25.5 Å². The molecule has 0 radical (unpaired) electrons. The van der Waals surface area contributed by atoms with E-state index < -0.39 is 0 Å². The van der Waals surface area contributed by atoms with E-state index in [1.54, 1.807) is 43.3 Å². The van der Waals surface area contributed by atoms with Crippen LogP contribution in [0.3, 0.4) is 0 Å². The van der Waals surface area contributed by atoms with E-state index in [2.05, 4.69) is 0 Å². The summed E-state index contributed by atoms with van der Waals surface area (Å²) in [5.74, 6) is -0.455. The molecule has 0 amide bonds. The molecule has 0 N–H and O–H groups in total. The maximum Gasteiger partial charge on any atom is 0.309 e. The summed E-state index contributed by atoms with van der Waals surface area (Å²) in [6, 6.07) is 8.71. The summed E-state index contributed by atoms with van der Waals surface area (Å²) in [6.07, 6.45) is 3.61. The van der Waals surface area contributed by atoms with Crippen LogP contribution in [0.4, 0.5) is 0 Å². The highest BCUT2D eigenvalue weighted by molar-refractivity contribution is 5.97. The standard InChI is InChI=1S/C15H15NO3/c1-2-19-15(18)5-3-4-12-6-8-13(9-7-12)14(17)10-11-16/h3-4,6-9H,2,5,10H2,1H3. The molecule has 0 fully saturated rings. The first-order valence-corrected chi connectivity index (χ1v) is 5.99. The molecule has 1 rings (SSSR count). The maximum atomic E-state index is 11.4. The van der Waals surface area contributed by atoms with Gasteiger partial charge in [-0.2, -0.15) is 5.26 Å². The Hall–Kier alpha value is -2.41. The van der Waals surface area contributed by atoms with Crippen LogP contribution >= 0.6 is 0 Å². The fourth-order valence-electron chi connectivity index (χ4n) is 1.47. The molecule has 19 heavy (non-hydrogen) atoms. The number of esters is 1. The van der Waals surface area contributed by atoms with Crippen LogP contribution in [0, 0.1) is 11.3 Å². The number of Topliss-reactive ketones (excluding diaryl/α,β-unsaturated/α-hetero) is 1. The van der Waals surface area contributed by atoms with Crippen molar-refractivity contribution in [2.24, 2.45) is 0 Å². The fraction of sp³-hybridized carbons (Fsp3) is 0.267. The van der Waals surface area contributed by atoms with Gasteiger partial charge in [0.25, 0.3) is 0 Å². The molecule has 0 aliphatic carbocycles. The number of carbonyl (C=O) groups excluding carboxylic acids is 2. The van der Waals surface area contributed by atoms with Gasteiger partial charge in [-0.3, -0.25) is 9.59 Å². The van der Waals surface area contributed by atoms with E-state index in [9.17, 15) is 9.59 Å². The SMILES string of the molecule is CCOC(=O)CC=Cc1ccc(C(=O)CC#N)cc1. The highest BCUT2D eigenvalue weighted by Crippen LogP contribution is 2.08. The highest BCUT2D eigenvalue weighted by atomic mass is 16.5. The van der Waals surface area contributed by atoms with Gasteiger partial charge in [0, 0.05) is 5.56 Å². The number of ketones is 1. The fourth-order valence-corrected chi connectivity index (χ4v) is 1.47. The quantitative estimate of drug-likeness (QED) is 0.580. The van der Waals surface area contributed by atoms with Crippen LogP contribution in [0.1, 0.15) is 35.7 Å². The van der Waals surface area contributed by atoms with Gasteiger partial charge in [0.15, 0.2) is 5.78 Å². The summed E-state index contributed by atoms with van der Waals surface area (Å²) in [5, 5.41) is 8.44. The third kappa shape index (κ3) is 5.17. The van der Waals surface area contributed by atoms with Crippen molar-refractivity contribution in [3.63, 3.8) is 0 Å². The Bertz CT molecular complexity index is 509. The molecule has 0 aliphatic heterocycles. The summed E-state index contributed by atoms with van der Waals surface area (Å²) >= 11 is 0. The van der Waals surface area contributed by atoms with E-state index >= 15 is 0 Å². The molecule has 98 valence electrons. The number of nitrogens with zero attached hydrogens (tertiary/aromatic N) is 1. The van der Waals surface area contributed by atoms with E-state index in [0.29, 0.717) is 12.2 Å². The van der Waals surface area contributed by atoms with Gasteiger partial charge in [-0.15, -0.1) is 0 Å². The average molecular weight is 257 g/mol. The molecule has 0 saturated carbocycles. The Balaban J connectivity index is 2.57. The lowest BCUT2D eigenvalue weighted by molar-refractivity contribution is -0.142. The number of carbonyl (C=O) groups is 2. The van der Waals surface area contributed by atoms with Gasteiger partial charge in [0.2, 0.25) is 0 Å². The van der Waals surface area contributed by atoms with E-state index in [1.807, 2.05) is 6.07 Å². The Kier molecular flexibility index (Phi) is 6.04. The summed E-state index contributed by atoms with van der Waals surface area (Å²) in [5.41, 5.74) is 1.40. The van der Waals surface area contributed by atoms with Crippen molar-refractivity contribution < 1.29 is 14.3 Å². The molecular weight excluding hydrogens is 242 g/mol. The van der Waals surface area contributed by atoms with Crippen LogP contribution in [-0.2, 0) is 9.53 Å². The number of benzene rings is 1. The number of ether oxygens (including phenoxy) is 1. The zero-order valence-electron chi connectivity index (χ0n) is 10.8. The van der Waals surface area contributed by atoms with Crippen LogP contribution in [-0.4, -0.2) is 18.4 Å². The van der Waals surface area contributed by atoms with Gasteiger partial charge < -0.3 is 4.74 Å². The van der Waals surface area contributed by atoms with Gasteiger partial charge in [-0.1, -0.05) is 36.4 Å². The van der Waals surface area contributed by atoms with Crippen molar-refractivity contribution in [1.29, 1.82) is 5.26 Å². The lowest BCUT2D eigenvalue weighted by Crippen LogP contribution is -2.01. The Labute approximate surface area is 112 Å². The second kappa shape index (κ2) is 7.83. The van der Waals surface area contributed by atoms with Gasteiger partial charge in [-0.05, 0) is 12.5 Å². The topological polar surface area (TPSA) is 67.2 Å². The molecule has 0 aliphatic rings. The van der Waals surface area contributed by atoms with Gasteiger partial charge in [-0.25, -0.2) is 0 Å². The van der Waals surface area contributed by atoms with Crippen molar-refractivity contribution in [2.75, 3.05) is 6.61 Å². The maximum absolute atomic E-state index is 11.4. The zero-order chi connectivity index (χ0) is 14.1. The molecule has 0 saturated heterocycles. The molecule has 0 atom stereocenters. The zero-order valence-corrected chi connectivity index (χ0v) is 10.8. The minimum Gasteiger partial charge on any atom is -0.466 e. The Morgan fingerprint density at radius 1 is 1.32 bits per heavy atom. The number of nitriles is 1. The normalized spacial score (nSPS) is 10.1. The van der Waals surface area contributed by atoms with Crippen molar-refractivity contribution >= 4 is 17.8 Å². The van der Waals surface area contributed by atoms with Crippen molar-refractivity contribution in [3.8, 4) is 6.07 Å². The molecule has 0 heterocycles. The summed E-state index contributed by atoms with van der Waals surface area (Å²) in [4.78, 5) is 22.5. The number of hydrogen-bond donors (Lipinski definition) is 0. The smallest absolute Gasteiger partial charge is 0.309 e. The lowest BCUT2D eigenvalue weighted by Gasteiger charge is -1.99. The van der Waals surface area contributed by atoms with Gasteiger partial charge in [0.1, 0.15) is 0 Å². The largest absolute Gasteiger partial charge is 0.466 e. The predicted octanol–water partition coefficient (Wildman–Crippen LogP) is 2.75.